The molecule has 3 aromatic rings. The second kappa shape index (κ2) is 6.95. The van der Waals surface area contributed by atoms with Crippen molar-refractivity contribution in [3.05, 3.63) is 87.9 Å². The second-order valence-electron chi connectivity index (χ2n) is 5.62. The van der Waals surface area contributed by atoms with E-state index in [9.17, 15) is 9.59 Å². The Balaban J connectivity index is 1.66. The van der Waals surface area contributed by atoms with Gasteiger partial charge < -0.3 is 14.9 Å². The van der Waals surface area contributed by atoms with Gasteiger partial charge in [-0.25, -0.2) is 4.98 Å². The highest BCUT2D eigenvalue weighted by molar-refractivity contribution is 5.93. The van der Waals surface area contributed by atoms with Crippen LogP contribution in [0.15, 0.2) is 59.9 Å². The Hall–Kier alpha value is -3.15. The second-order valence-corrected chi connectivity index (χ2v) is 5.62. The third-order valence-electron chi connectivity index (χ3n) is 3.67. The van der Waals surface area contributed by atoms with Gasteiger partial charge in [0.1, 0.15) is 5.56 Å². The van der Waals surface area contributed by atoms with E-state index in [4.69, 9.17) is 0 Å². The summed E-state index contributed by atoms with van der Waals surface area (Å²) < 4.78 is 1.98. The van der Waals surface area contributed by atoms with Crippen LogP contribution in [0.3, 0.4) is 0 Å². The highest BCUT2D eigenvalue weighted by Gasteiger charge is 2.10. The van der Waals surface area contributed by atoms with Crippen molar-refractivity contribution in [3.8, 4) is 0 Å². The maximum absolute atomic E-state index is 12.1. The summed E-state index contributed by atoms with van der Waals surface area (Å²) in [4.78, 5) is 30.6. The molecule has 2 aromatic heterocycles. The predicted octanol–water partition coefficient (Wildman–Crippen LogP) is 1.86. The lowest BCUT2D eigenvalue weighted by Gasteiger charge is -2.08. The summed E-state index contributed by atoms with van der Waals surface area (Å²) in [5.41, 5.74) is 2.57. The molecule has 6 heteroatoms. The molecule has 6 nitrogen and oxygen atoms in total. The van der Waals surface area contributed by atoms with Crippen LogP contribution < -0.4 is 10.9 Å². The van der Waals surface area contributed by atoms with Crippen LogP contribution in [0.25, 0.3) is 0 Å². The number of nitrogens with zero attached hydrogens (tertiary/aromatic N) is 2. The first-order valence-electron chi connectivity index (χ1n) is 7.63. The quantitative estimate of drug-likeness (QED) is 0.752. The summed E-state index contributed by atoms with van der Waals surface area (Å²) in [5, 5.41) is 2.78. The van der Waals surface area contributed by atoms with Gasteiger partial charge in [-0.3, -0.25) is 9.59 Å². The van der Waals surface area contributed by atoms with E-state index < -0.39 is 0 Å². The van der Waals surface area contributed by atoms with E-state index in [2.05, 4.69) is 15.3 Å². The highest BCUT2D eigenvalue weighted by Crippen LogP contribution is 2.07. The molecule has 0 fully saturated rings. The summed E-state index contributed by atoms with van der Waals surface area (Å²) in [5.74, 6) is -0.378. The molecule has 0 spiro atoms. The van der Waals surface area contributed by atoms with Crippen LogP contribution in [-0.4, -0.2) is 20.4 Å². The first-order valence-corrected chi connectivity index (χ1v) is 7.63. The molecule has 24 heavy (non-hydrogen) atoms. The summed E-state index contributed by atoms with van der Waals surface area (Å²) in [6.45, 7) is 2.86. The smallest absolute Gasteiger partial charge is 0.260 e. The highest BCUT2D eigenvalue weighted by atomic mass is 16.2. The Labute approximate surface area is 139 Å². The number of pyridine rings is 1. The number of carbonyl (C=O) groups excluding carboxylic acids is 1. The van der Waals surface area contributed by atoms with Crippen molar-refractivity contribution in [1.82, 2.24) is 19.9 Å². The fourth-order valence-corrected chi connectivity index (χ4v) is 2.46. The molecule has 0 aliphatic heterocycles. The van der Waals surface area contributed by atoms with Crippen LogP contribution in [0.4, 0.5) is 0 Å². The first kappa shape index (κ1) is 15.7. The van der Waals surface area contributed by atoms with Crippen molar-refractivity contribution in [2.24, 2.45) is 0 Å². The molecule has 0 aliphatic rings. The van der Waals surface area contributed by atoms with E-state index in [0.29, 0.717) is 6.54 Å². The number of aromatic nitrogens is 3. The molecule has 1 amide bonds. The van der Waals surface area contributed by atoms with E-state index in [1.54, 1.807) is 31.6 Å². The molecule has 2 heterocycles. The lowest BCUT2D eigenvalue weighted by atomic mass is 10.1. The number of aryl methyl sites for hydroxylation is 1. The van der Waals surface area contributed by atoms with E-state index >= 15 is 0 Å². The minimum absolute atomic E-state index is 0.121. The molecule has 1 aromatic carbocycles. The number of rotatable bonds is 5. The number of benzene rings is 1. The maximum atomic E-state index is 12.1. The van der Waals surface area contributed by atoms with Crippen molar-refractivity contribution < 1.29 is 4.79 Å². The number of H-pyrrole nitrogens is 1. The molecule has 122 valence electrons. The van der Waals surface area contributed by atoms with Crippen LogP contribution in [0.2, 0.25) is 0 Å². The van der Waals surface area contributed by atoms with Gasteiger partial charge in [0.2, 0.25) is 0 Å². The number of hydrogen-bond acceptors (Lipinski definition) is 3. The number of carbonyl (C=O) groups is 1. The molecule has 0 aliphatic carbocycles. The third kappa shape index (κ3) is 3.78. The van der Waals surface area contributed by atoms with Gasteiger partial charge in [-0.1, -0.05) is 24.3 Å². The minimum atomic E-state index is -0.378. The monoisotopic (exact) mass is 322 g/mol. The molecular weight excluding hydrogens is 304 g/mol. The van der Waals surface area contributed by atoms with Crippen molar-refractivity contribution in [1.29, 1.82) is 0 Å². The fraction of sp³-hybridized carbons (Fsp3) is 0.167. The summed E-state index contributed by atoms with van der Waals surface area (Å²) >= 11 is 0. The van der Waals surface area contributed by atoms with Crippen LogP contribution in [0.5, 0.6) is 0 Å². The van der Waals surface area contributed by atoms with E-state index in [1.807, 2.05) is 35.0 Å². The van der Waals surface area contributed by atoms with Crippen molar-refractivity contribution in [2.45, 2.75) is 20.0 Å². The van der Waals surface area contributed by atoms with Crippen LogP contribution in [0.1, 0.15) is 27.2 Å². The number of amides is 1. The van der Waals surface area contributed by atoms with Crippen LogP contribution in [0, 0.1) is 6.92 Å². The zero-order valence-electron chi connectivity index (χ0n) is 13.3. The van der Waals surface area contributed by atoms with Gasteiger partial charge in [0.05, 0.1) is 6.33 Å². The standard InChI is InChI=1S/C18H18N4O2/c1-13-5-6-16(18(24)21-13)17(23)20-10-14-3-2-4-15(9-14)11-22-8-7-19-12-22/h2-9,12H,10-11H2,1H3,(H,20,23)(H,21,24). The molecule has 0 radical (unpaired) electrons. The Morgan fingerprint density at radius 1 is 1.25 bits per heavy atom. The number of imidazole rings is 1. The van der Waals surface area contributed by atoms with Crippen molar-refractivity contribution in [3.63, 3.8) is 0 Å². The Kier molecular flexibility index (Phi) is 4.56. The maximum Gasteiger partial charge on any atom is 0.260 e. The molecule has 2 N–H and O–H groups in total. The lowest BCUT2D eigenvalue weighted by Crippen LogP contribution is -2.29. The van der Waals surface area contributed by atoms with E-state index in [0.717, 1.165) is 23.4 Å². The number of nitrogens with one attached hydrogen (secondary N) is 2. The topological polar surface area (TPSA) is 79.8 Å². The zero-order chi connectivity index (χ0) is 16.9. The Morgan fingerprint density at radius 2 is 2.08 bits per heavy atom. The third-order valence-corrected chi connectivity index (χ3v) is 3.67. The molecule has 0 atom stereocenters. The first-order chi connectivity index (χ1) is 11.6. The van der Waals surface area contributed by atoms with E-state index in [1.165, 1.54) is 0 Å². The molecule has 0 saturated heterocycles. The summed E-state index contributed by atoms with van der Waals surface area (Å²) in [6.07, 6.45) is 5.40. The van der Waals surface area contributed by atoms with Crippen LogP contribution >= 0.6 is 0 Å². The van der Waals surface area contributed by atoms with E-state index in [-0.39, 0.29) is 17.0 Å². The van der Waals surface area contributed by atoms with Crippen molar-refractivity contribution >= 4 is 5.91 Å². The zero-order valence-corrected chi connectivity index (χ0v) is 13.3. The largest absolute Gasteiger partial charge is 0.348 e. The SMILES string of the molecule is Cc1ccc(C(=O)NCc2cccc(Cn3ccnc3)c2)c(=O)[nH]1. The van der Waals surface area contributed by atoms with Gasteiger partial charge >= 0.3 is 0 Å². The Bertz CT molecular complexity index is 897. The van der Waals surface area contributed by atoms with Gasteiger partial charge in [-0.05, 0) is 30.2 Å². The minimum Gasteiger partial charge on any atom is -0.348 e. The normalized spacial score (nSPS) is 10.5. The fourth-order valence-electron chi connectivity index (χ4n) is 2.46. The van der Waals surface area contributed by atoms with Gasteiger partial charge in [0.15, 0.2) is 0 Å². The van der Waals surface area contributed by atoms with Gasteiger partial charge in [-0.15, -0.1) is 0 Å². The Morgan fingerprint density at radius 3 is 2.83 bits per heavy atom. The number of aromatic amines is 1. The van der Waals surface area contributed by atoms with Crippen molar-refractivity contribution in [2.75, 3.05) is 0 Å². The lowest BCUT2D eigenvalue weighted by molar-refractivity contribution is 0.0949. The molecular formula is C18H18N4O2. The van der Waals surface area contributed by atoms with Gasteiger partial charge in [0, 0.05) is 31.2 Å². The molecule has 0 unspecified atom stereocenters. The molecule has 3 rings (SSSR count). The number of hydrogen-bond donors (Lipinski definition) is 2. The van der Waals surface area contributed by atoms with Crippen LogP contribution in [-0.2, 0) is 13.1 Å². The molecule has 0 bridgehead atoms. The summed E-state index contributed by atoms with van der Waals surface area (Å²) in [7, 11) is 0. The molecule has 0 saturated carbocycles. The predicted molar refractivity (Wildman–Crippen MR) is 90.7 cm³/mol. The van der Waals surface area contributed by atoms with Gasteiger partial charge in [0.25, 0.3) is 11.5 Å². The average Bonchev–Trinajstić information content (AvgIpc) is 3.06. The average molecular weight is 322 g/mol. The van der Waals surface area contributed by atoms with Gasteiger partial charge in [-0.2, -0.15) is 0 Å². The summed E-state index contributed by atoms with van der Waals surface area (Å²) in [6, 6.07) is 11.2.